The SMILES string of the molecule is Cc1cccnc1CCCNc1c(F)c(N)c2c(=O)c(C#N)cn3c2c1OC[C@@H]3C. The molecule has 7 nitrogen and oxygen atoms in total. The monoisotopic (exact) mass is 407 g/mol. The second-order valence-corrected chi connectivity index (χ2v) is 7.50. The third-order valence-electron chi connectivity index (χ3n) is 5.48. The van der Waals surface area contributed by atoms with Gasteiger partial charge >= 0.3 is 0 Å². The van der Waals surface area contributed by atoms with Crippen LogP contribution in [-0.4, -0.2) is 22.7 Å². The van der Waals surface area contributed by atoms with E-state index in [4.69, 9.17) is 10.5 Å². The number of nitrogen functional groups attached to an aromatic ring is 1. The van der Waals surface area contributed by atoms with Crippen LogP contribution in [0.1, 0.15) is 36.2 Å². The molecule has 0 fully saturated rings. The van der Waals surface area contributed by atoms with Crippen molar-refractivity contribution in [2.75, 3.05) is 24.2 Å². The number of benzene rings is 1. The Balaban J connectivity index is 1.71. The molecule has 154 valence electrons. The van der Waals surface area contributed by atoms with Gasteiger partial charge in [-0.05, 0) is 38.3 Å². The molecule has 1 aliphatic heterocycles. The van der Waals surface area contributed by atoms with Crippen molar-refractivity contribution >= 4 is 22.3 Å². The van der Waals surface area contributed by atoms with E-state index in [9.17, 15) is 10.1 Å². The van der Waals surface area contributed by atoms with Crippen molar-refractivity contribution in [3.8, 4) is 11.8 Å². The maximum absolute atomic E-state index is 15.2. The Hall–Kier alpha value is -3.60. The van der Waals surface area contributed by atoms with Crippen molar-refractivity contribution in [1.29, 1.82) is 5.26 Å². The summed E-state index contributed by atoms with van der Waals surface area (Å²) in [5, 5.41) is 12.4. The molecule has 1 aliphatic rings. The van der Waals surface area contributed by atoms with E-state index in [1.807, 2.05) is 32.0 Å². The number of pyridine rings is 2. The maximum atomic E-state index is 15.2. The van der Waals surface area contributed by atoms with Crippen LogP contribution in [0.15, 0.2) is 29.3 Å². The summed E-state index contributed by atoms with van der Waals surface area (Å²) in [6, 6.07) is 5.65. The van der Waals surface area contributed by atoms with Crippen LogP contribution in [0.2, 0.25) is 0 Å². The number of ether oxygens (including phenoxy) is 1. The summed E-state index contributed by atoms with van der Waals surface area (Å²) in [6.07, 6.45) is 4.72. The van der Waals surface area contributed by atoms with Gasteiger partial charge in [-0.2, -0.15) is 5.26 Å². The number of hydrogen-bond donors (Lipinski definition) is 2. The quantitative estimate of drug-likeness (QED) is 0.497. The lowest BCUT2D eigenvalue weighted by Gasteiger charge is -2.29. The van der Waals surface area contributed by atoms with Crippen molar-refractivity contribution in [2.45, 2.75) is 32.7 Å². The fourth-order valence-electron chi connectivity index (χ4n) is 3.84. The predicted molar refractivity (Wildman–Crippen MR) is 113 cm³/mol. The van der Waals surface area contributed by atoms with Gasteiger partial charge in [-0.25, -0.2) is 4.39 Å². The van der Waals surface area contributed by atoms with Gasteiger partial charge in [0.2, 0.25) is 5.43 Å². The number of hydrogen-bond acceptors (Lipinski definition) is 6. The summed E-state index contributed by atoms with van der Waals surface area (Å²) >= 11 is 0. The fourth-order valence-corrected chi connectivity index (χ4v) is 3.84. The van der Waals surface area contributed by atoms with Crippen LogP contribution in [0.5, 0.6) is 5.75 Å². The van der Waals surface area contributed by atoms with E-state index in [2.05, 4.69) is 10.3 Å². The number of anilines is 2. The Morgan fingerprint density at radius 2 is 2.30 bits per heavy atom. The molecule has 0 saturated heterocycles. The zero-order chi connectivity index (χ0) is 21.4. The Kier molecular flexibility index (Phi) is 5.04. The number of nitrogens with two attached hydrogens (primary N) is 1. The van der Waals surface area contributed by atoms with Gasteiger partial charge in [0.1, 0.15) is 23.9 Å². The Labute approximate surface area is 172 Å². The van der Waals surface area contributed by atoms with E-state index in [1.165, 1.54) is 6.20 Å². The zero-order valence-corrected chi connectivity index (χ0v) is 16.8. The normalized spacial score (nSPS) is 14.9. The molecule has 3 aromatic rings. The smallest absolute Gasteiger partial charge is 0.209 e. The van der Waals surface area contributed by atoms with Crippen LogP contribution >= 0.6 is 0 Å². The number of rotatable bonds is 5. The highest BCUT2D eigenvalue weighted by Gasteiger charge is 2.29. The molecule has 0 radical (unpaired) electrons. The van der Waals surface area contributed by atoms with Crippen molar-refractivity contribution in [1.82, 2.24) is 9.55 Å². The molecule has 0 bridgehead atoms. The molecule has 8 heteroatoms. The van der Waals surface area contributed by atoms with Crippen LogP contribution in [0.3, 0.4) is 0 Å². The highest BCUT2D eigenvalue weighted by Crippen LogP contribution is 2.43. The lowest BCUT2D eigenvalue weighted by atomic mass is 10.0. The second-order valence-electron chi connectivity index (χ2n) is 7.50. The molecule has 3 heterocycles. The summed E-state index contributed by atoms with van der Waals surface area (Å²) in [4.78, 5) is 17.1. The summed E-state index contributed by atoms with van der Waals surface area (Å²) in [5.41, 5.74) is 7.76. The third kappa shape index (κ3) is 3.12. The molecule has 0 spiro atoms. The summed E-state index contributed by atoms with van der Waals surface area (Å²) < 4.78 is 22.7. The van der Waals surface area contributed by atoms with E-state index in [0.29, 0.717) is 18.7 Å². The Morgan fingerprint density at radius 3 is 3.03 bits per heavy atom. The maximum Gasteiger partial charge on any atom is 0.209 e. The third-order valence-corrected chi connectivity index (χ3v) is 5.48. The first-order valence-corrected chi connectivity index (χ1v) is 9.81. The topological polar surface area (TPSA) is 106 Å². The average molecular weight is 407 g/mol. The standard InChI is InChI=1S/C22H22FN5O2/c1-12-5-3-7-26-15(12)6-4-8-27-19-17(23)18(25)16-20-22(19)30-11-13(2)28(20)10-14(9-24)21(16)29/h3,5,7,10,13,27H,4,6,8,11,25H2,1-2H3/t13-/m0/s1. The van der Waals surface area contributed by atoms with Crippen LogP contribution in [-0.2, 0) is 6.42 Å². The Bertz CT molecular complexity index is 1250. The number of nitriles is 1. The first-order chi connectivity index (χ1) is 14.4. The molecule has 0 aliphatic carbocycles. The summed E-state index contributed by atoms with van der Waals surface area (Å²) in [6.45, 7) is 4.68. The number of aryl methyl sites for hydroxylation is 2. The highest BCUT2D eigenvalue weighted by molar-refractivity contribution is 6.00. The minimum absolute atomic E-state index is 0.0113. The lowest BCUT2D eigenvalue weighted by Crippen LogP contribution is -2.26. The van der Waals surface area contributed by atoms with E-state index in [0.717, 1.165) is 24.1 Å². The van der Waals surface area contributed by atoms with Gasteiger partial charge in [0.15, 0.2) is 11.6 Å². The molecule has 3 N–H and O–H groups in total. The molecule has 30 heavy (non-hydrogen) atoms. The van der Waals surface area contributed by atoms with Crippen LogP contribution in [0.25, 0.3) is 10.9 Å². The van der Waals surface area contributed by atoms with Gasteiger partial charge in [0, 0.05) is 24.6 Å². The predicted octanol–water partition coefficient (Wildman–Crippen LogP) is 3.30. The number of nitrogens with one attached hydrogen (secondary N) is 1. The number of halogens is 1. The van der Waals surface area contributed by atoms with Gasteiger partial charge < -0.3 is 20.4 Å². The molecule has 0 amide bonds. The van der Waals surface area contributed by atoms with E-state index >= 15 is 4.39 Å². The summed E-state index contributed by atoms with van der Waals surface area (Å²) in [7, 11) is 0. The highest BCUT2D eigenvalue weighted by atomic mass is 19.1. The molecule has 0 unspecified atom stereocenters. The van der Waals surface area contributed by atoms with Crippen LogP contribution in [0, 0.1) is 24.1 Å². The fraction of sp³-hybridized carbons (Fsp3) is 0.318. The van der Waals surface area contributed by atoms with E-state index < -0.39 is 11.2 Å². The minimum atomic E-state index is -0.736. The van der Waals surface area contributed by atoms with Gasteiger partial charge in [0.05, 0.1) is 22.6 Å². The van der Waals surface area contributed by atoms with Gasteiger partial charge in [-0.1, -0.05) is 6.07 Å². The molecule has 1 aromatic carbocycles. The van der Waals surface area contributed by atoms with Crippen molar-refractivity contribution in [3.63, 3.8) is 0 Å². The van der Waals surface area contributed by atoms with Crippen LogP contribution in [0.4, 0.5) is 15.8 Å². The molecular formula is C22H22FN5O2. The van der Waals surface area contributed by atoms with E-state index in [-0.39, 0.29) is 34.1 Å². The molecule has 1 atom stereocenters. The molecule has 4 rings (SSSR count). The minimum Gasteiger partial charge on any atom is -0.487 e. The second kappa shape index (κ2) is 7.67. The molecule has 2 aromatic heterocycles. The number of aromatic nitrogens is 2. The average Bonchev–Trinajstić information content (AvgIpc) is 2.74. The van der Waals surface area contributed by atoms with Gasteiger partial charge in [-0.3, -0.25) is 9.78 Å². The molecule has 0 saturated carbocycles. The van der Waals surface area contributed by atoms with Gasteiger partial charge in [-0.15, -0.1) is 0 Å². The Morgan fingerprint density at radius 1 is 1.50 bits per heavy atom. The lowest BCUT2D eigenvalue weighted by molar-refractivity contribution is 0.247. The van der Waals surface area contributed by atoms with Crippen molar-refractivity contribution in [2.24, 2.45) is 0 Å². The largest absolute Gasteiger partial charge is 0.487 e. The van der Waals surface area contributed by atoms with Crippen LogP contribution < -0.4 is 21.2 Å². The first-order valence-electron chi connectivity index (χ1n) is 9.81. The summed E-state index contributed by atoms with van der Waals surface area (Å²) in [5.74, 6) is -0.481. The molecular weight excluding hydrogens is 385 g/mol. The van der Waals surface area contributed by atoms with Gasteiger partial charge in [0.25, 0.3) is 0 Å². The van der Waals surface area contributed by atoms with Crippen molar-refractivity contribution < 1.29 is 9.13 Å². The number of nitrogens with zero attached hydrogens (tertiary/aromatic N) is 3. The first kappa shape index (κ1) is 19.7. The van der Waals surface area contributed by atoms with Crippen molar-refractivity contribution in [3.05, 3.63) is 57.4 Å². The zero-order valence-electron chi connectivity index (χ0n) is 16.8. The van der Waals surface area contributed by atoms with E-state index in [1.54, 1.807) is 10.8 Å².